The molecule has 0 saturated carbocycles. The number of benzene rings is 2. The van der Waals surface area contributed by atoms with E-state index < -0.39 is 10.0 Å². The lowest BCUT2D eigenvalue weighted by atomic mass is 10.1. The van der Waals surface area contributed by atoms with Crippen molar-refractivity contribution in [2.24, 2.45) is 0 Å². The Morgan fingerprint density at radius 3 is 2.55 bits per heavy atom. The largest absolute Gasteiger partial charge is 0.496 e. The van der Waals surface area contributed by atoms with Crippen molar-refractivity contribution < 1.29 is 17.7 Å². The normalized spacial score (nSPS) is 15.8. The highest BCUT2D eigenvalue weighted by molar-refractivity contribution is 7.89. The highest BCUT2D eigenvalue weighted by Crippen LogP contribution is 2.30. The number of para-hydroxylation sites is 1. The number of ether oxygens (including phenoxy) is 1. The number of hydrogen-bond donors (Lipinski definition) is 0. The summed E-state index contributed by atoms with van der Waals surface area (Å²) in [5.74, 6) is 1.43. The van der Waals surface area contributed by atoms with Crippen molar-refractivity contribution in [3.05, 3.63) is 64.3 Å². The third-order valence-corrected chi connectivity index (χ3v) is 7.78. The van der Waals surface area contributed by atoms with Gasteiger partial charge in [-0.05, 0) is 30.3 Å². The maximum absolute atomic E-state index is 13.0. The van der Waals surface area contributed by atoms with E-state index in [0.29, 0.717) is 49.2 Å². The topological polar surface area (TPSA) is 75.9 Å². The molecule has 0 amide bonds. The van der Waals surface area contributed by atoms with E-state index in [1.165, 1.54) is 16.4 Å². The molecule has 0 atom stereocenters. The number of piperazine rings is 1. The van der Waals surface area contributed by atoms with Crippen LogP contribution >= 0.6 is 23.2 Å². The number of sulfonamides is 1. The van der Waals surface area contributed by atoms with Crippen LogP contribution in [-0.4, -0.2) is 56.1 Å². The Kier molecular flexibility index (Phi) is 6.55. The van der Waals surface area contributed by atoms with Crippen molar-refractivity contribution in [1.82, 2.24) is 14.4 Å². The molecule has 4 rings (SSSR count). The Balaban J connectivity index is 1.41. The van der Waals surface area contributed by atoms with Gasteiger partial charge in [0.25, 0.3) is 0 Å². The highest BCUT2D eigenvalue weighted by atomic mass is 35.5. The molecule has 1 aliphatic heterocycles. The predicted molar refractivity (Wildman–Crippen MR) is 119 cm³/mol. The molecule has 0 aliphatic carbocycles. The van der Waals surface area contributed by atoms with Crippen LogP contribution in [0.15, 0.2) is 57.9 Å². The SMILES string of the molecule is COc1ccccc1-c1cc(CN2CCN(S(=O)(=O)c3cc(Cl)ccc3Cl)CC2)on1. The van der Waals surface area contributed by atoms with E-state index in [9.17, 15) is 8.42 Å². The maximum Gasteiger partial charge on any atom is 0.244 e. The number of rotatable bonds is 6. The molecule has 10 heteroatoms. The minimum absolute atomic E-state index is 0.0341. The van der Waals surface area contributed by atoms with Gasteiger partial charge in [0.05, 0.1) is 18.7 Å². The van der Waals surface area contributed by atoms with E-state index in [-0.39, 0.29) is 9.92 Å². The molecule has 7 nitrogen and oxygen atoms in total. The maximum atomic E-state index is 13.0. The molecular formula is C21H21Cl2N3O4S. The lowest BCUT2D eigenvalue weighted by molar-refractivity contribution is 0.166. The number of hydrogen-bond acceptors (Lipinski definition) is 6. The van der Waals surface area contributed by atoms with E-state index in [2.05, 4.69) is 10.1 Å². The molecular weight excluding hydrogens is 461 g/mol. The molecule has 0 bridgehead atoms. The average molecular weight is 482 g/mol. The second kappa shape index (κ2) is 9.18. The molecule has 31 heavy (non-hydrogen) atoms. The van der Waals surface area contributed by atoms with E-state index >= 15 is 0 Å². The van der Waals surface area contributed by atoms with Crippen LogP contribution < -0.4 is 4.74 Å². The summed E-state index contributed by atoms with van der Waals surface area (Å²) in [6, 6.07) is 13.9. The third-order valence-electron chi connectivity index (χ3n) is 5.16. The fourth-order valence-electron chi connectivity index (χ4n) is 3.53. The van der Waals surface area contributed by atoms with Gasteiger partial charge in [0.2, 0.25) is 10.0 Å². The molecule has 2 aromatic carbocycles. The van der Waals surface area contributed by atoms with Crippen LogP contribution in [-0.2, 0) is 16.6 Å². The van der Waals surface area contributed by atoms with Gasteiger partial charge >= 0.3 is 0 Å². The Morgan fingerprint density at radius 2 is 1.81 bits per heavy atom. The van der Waals surface area contributed by atoms with Crippen molar-refractivity contribution in [3.63, 3.8) is 0 Å². The molecule has 0 unspecified atom stereocenters. The monoisotopic (exact) mass is 481 g/mol. The van der Waals surface area contributed by atoms with Crippen molar-refractivity contribution in [2.75, 3.05) is 33.3 Å². The van der Waals surface area contributed by atoms with E-state index in [0.717, 1.165) is 11.3 Å². The summed E-state index contributed by atoms with van der Waals surface area (Å²) in [6.45, 7) is 2.34. The van der Waals surface area contributed by atoms with Crippen LogP contribution in [0.4, 0.5) is 0 Å². The fourth-order valence-corrected chi connectivity index (χ4v) is 5.69. The van der Waals surface area contributed by atoms with Gasteiger partial charge in [-0.1, -0.05) is 40.5 Å². The second-order valence-electron chi connectivity index (χ2n) is 7.13. The fraction of sp³-hybridized carbons (Fsp3) is 0.286. The van der Waals surface area contributed by atoms with Crippen LogP contribution in [0, 0.1) is 0 Å². The molecule has 0 N–H and O–H groups in total. The summed E-state index contributed by atoms with van der Waals surface area (Å²) in [6.07, 6.45) is 0. The van der Waals surface area contributed by atoms with Gasteiger partial charge in [-0.15, -0.1) is 0 Å². The molecule has 164 valence electrons. The highest BCUT2D eigenvalue weighted by Gasteiger charge is 2.30. The summed E-state index contributed by atoms with van der Waals surface area (Å²) in [7, 11) is -2.10. The van der Waals surface area contributed by atoms with Gasteiger partial charge in [0, 0.05) is 42.8 Å². The Morgan fingerprint density at radius 1 is 1.06 bits per heavy atom. The van der Waals surface area contributed by atoms with E-state index in [1.807, 2.05) is 30.3 Å². The Bertz CT molecular complexity index is 1170. The first-order chi connectivity index (χ1) is 14.9. The number of methoxy groups -OCH3 is 1. The Labute approximate surface area is 191 Å². The van der Waals surface area contributed by atoms with Crippen molar-refractivity contribution in [3.8, 4) is 17.0 Å². The number of aromatic nitrogens is 1. The van der Waals surface area contributed by atoms with Crippen molar-refractivity contribution in [2.45, 2.75) is 11.4 Å². The Hall–Kier alpha value is -2.10. The molecule has 1 fully saturated rings. The van der Waals surface area contributed by atoms with Gasteiger partial charge in [-0.3, -0.25) is 4.90 Å². The van der Waals surface area contributed by atoms with Gasteiger partial charge in [-0.25, -0.2) is 8.42 Å². The zero-order valence-electron chi connectivity index (χ0n) is 16.8. The summed E-state index contributed by atoms with van der Waals surface area (Å²) >= 11 is 12.1. The zero-order chi connectivity index (χ0) is 22.0. The molecule has 0 radical (unpaired) electrons. The number of nitrogens with zero attached hydrogens (tertiary/aromatic N) is 3. The zero-order valence-corrected chi connectivity index (χ0v) is 19.1. The predicted octanol–water partition coefficient (Wildman–Crippen LogP) is 4.16. The van der Waals surface area contributed by atoms with Gasteiger partial charge in [0.1, 0.15) is 16.3 Å². The van der Waals surface area contributed by atoms with E-state index in [1.54, 1.807) is 13.2 Å². The average Bonchev–Trinajstić information content (AvgIpc) is 3.24. The molecule has 1 saturated heterocycles. The van der Waals surface area contributed by atoms with Gasteiger partial charge in [0.15, 0.2) is 5.76 Å². The second-order valence-corrected chi connectivity index (χ2v) is 9.88. The summed E-state index contributed by atoms with van der Waals surface area (Å²) in [5, 5.41) is 4.65. The van der Waals surface area contributed by atoms with Crippen molar-refractivity contribution >= 4 is 33.2 Å². The van der Waals surface area contributed by atoms with E-state index in [4.69, 9.17) is 32.5 Å². The lowest BCUT2D eigenvalue weighted by Gasteiger charge is -2.33. The van der Waals surface area contributed by atoms with Gasteiger partial charge in [-0.2, -0.15) is 4.31 Å². The smallest absolute Gasteiger partial charge is 0.244 e. The van der Waals surface area contributed by atoms with Crippen LogP contribution in [0.3, 0.4) is 0 Å². The van der Waals surface area contributed by atoms with Crippen LogP contribution in [0.25, 0.3) is 11.3 Å². The molecule has 2 heterocycles. The van der Waals surface area contributed by atoms with Crippen LogP contribution in [0.5, 0.6) is 5.75 Å². The first-order valence-corrected chi connectivity index (χ1v) is 11.8. The van der Waals surface area contributed by atoms with Crippen molar-refractivity contribution in [1.29, 1.82) is 0 Å². The minimum atomic E-state index is -3.71. The molecule has 1 aliphatic rings. The summed E-state index contributed by atoms with van der Waals surface area (Å²) in [4.78, 5) is 2.16. The minimum Gasteiger partial charge on any atom is -0.496 e. The molecule has 1 aromatic heterocycles. The van der Waals surface area contributed by atoms with Crippen LogP contribution in [0.2, 0.25) is 10.0 Å². The van der Waals surface area contributed by atoms with Crippen LogP contribution in [0.1, 0.15) is 5.76 Å². The first kappa shape index (κ1) is 22.1. The molecule has 0 spiro atoms. The molecule has 3 aromatic rings. The standard InChI is InChI=1S/C21H21Cl2N3O4S/c1-29-20-5-3-2-4-17(20)19-13-16(30-24-19)14-25-8-10-26(11-9-25)31(27,28)21-12-15(22)6-7-18(21)23/h2-7,12-13H,8-11,14H2,1H3. The quantitative estimate of drug-likeness (QED) is 0.525. The lowest BCUT2D eigenvalue weighted by Crippen LogP contribution is -2.48. The third kappa shape index (κ3) is 4.73. The van der Waals surface area contributed by atoms with Gasteiger partial charge < -0.3 is 9.26 Å². The number of halogens is 2. The first-order valence-electron chi connectivity index (χ1n) is 9.65. The summed E-state index contributed by atoms with van der Waals surface area (Å²) < 4.78 is 38.3. The summed E-state index contributed by atoms with van der Waals surface area (Å²) in [5.41, 5.74) is 1.55.